The summed E-state index contributed by atoms with van der Waals surface area (Å²) in [5.41, 5.74) is 0.0130. The van der Waals surface area contributed by atoms with Crippen LogP contribution < -0.4 is 10.6 Å². The van der Waals surface area contributed by atoms with E-state index in [2.05, 4.69) is 25.6 Å². The van der Waals surface area contributed by atoms with Crippen molar-refractivity contribution in [2.24, 2.45) is 0 Å². The number of fused-ring (bicyclic) bond motifs is 1. The minimum atomic E-state index is -4.51. The number of likely N-dealkylation sites (tertiary alicyclic amines) is 1. The number of benzene rings is 1. The van der Waals surface area contributed by atoms with E-state index in [1.807, 2.05) is 6.07 Å². The van der Waals surface area contributed by atoms with Crippen LogP contribution in [0.4, 0.5) is 24.7 Å². The molecule has 1 fully saturated rings. The number of alkyl halides is 3. The van der Waals surface area contributed by atoms with Gasteiger partial charge in [0.1, 0.15) is 17.8 Å². The van der Waals surface area contributed by atoms with Gasteiger partial charge in [-0.25, -0.2) is 9.97 Å². The third kappa shape index (κ3) is 5.01. The zero-order chi connectivity index (χ0) is 22.0. The second-order valence-corrected chi connectivity index (χ2v) is 7.80. The Kier molecular flexibility index (Phi) is 5.90. The zero-order valence-corrected chi connectivity index (χ0v) is 17.1. The molecule has 0 spiro atoms. The van der Waals surface area contributed by atoms with Crippen LogP contribution in [0.5, 0.6) is 0 Å². The van der Waals surface area contributed by atoms with Gasteiger partial charge in [0.25, 0.3) is 0 Å². The predicted octanol–water partition coefficient (Wildman–Crippen LogP) is 4.15. The van der Waals surface area contributed by atoms with Gasteiger partial charge < -0.3 is 20.5 Å². The minimum absolute atomic E-state index is 0.00806. The summed E-state index contributed by atoms with van der Waals surface area (Å²) < 4.78 is 38.9. The molecular weight excluding hydrogens is 433 g/mol. The van der Waals surface area contributed by atoms with Gasteiger partial charge in [-0.05, 0) is 37.1 Å². The Bertz CT molecular complexity index is 1090. The lowest BCUT2D eigenvalue weighted by Gasteiger charge is -2.33. The van der Waals surface area contributed by atoms with Crippen molar-refractivity contribution >= 4 is 40.0 Å². The first-order valence-electron chi connectivity index (χ1n) is 9.73. The second-order valence-electron chi connectivity index (χ2n) is 7.37. The summed E-state index contributed by atoms with van der Waals surface area (Å²) >= 11 is 5.79. The molecule has 0 saturated carbocycles. The molecule has 1 aromatic carbocycles. The molecule has 1 aliphatic rings. The maximum atomic E-state index is 13.0. The smallest absolute Gasteiger partial charge is 0.376 e. The summed E-state index contributed by atoms with van der Waals surface area (Å²) in [6.45, 7) is 0.936. The molecule has 7 nitrogen and oxygen atoms in total. The quantitative estimate of drug-likeness (QED) is 0.541. The van der Waals surface area contributed by atoms with Gasteiger partial charge in [-0.15, -0.1) is 0 Å². The molecule has 1 saturated heterocycles. The number of anilines is 2. The summed E-state index contributed by atoms with van der Waals surface area (Å²) in [6.07, 6.45) is 0.420. The van der Waals surface area contributed by atoms with Gasteiger partial charge in [0.15, 0.2) is 0 Å². The normalized spacial score (nSPS) is 17.0. The topological polar surface area (TPSA) is 85.9 Å². The van der Waals surface area contributed by atoms with Gasteiger partial charge in [-0.3, -0.25) is 4.79 Å². The Hall–Kier alpha value is -3.01. The molecule has 0 bridgehead atoms. The van der Waals surface area contributed by atoms with E-state index in [1.54, 1.807) is 11.1 Å². The van der Waals surface area contributed by atoms with E-state index < -0.39 is 11.7 Å². The molecule has 3 heterocycles. The predicted molar refractivity (Wildman–Crippen MR) is 112 cm³/mol. The van der Waals surface area contributed by atoms with Gasteiger partial charge in [0, 0.05) is 36.0 Å². The largest absolute Gasteiger partial charge is 0.416 e. The molecule has 31 heavy (non-hydrogen) atoms. The first-order valence-corrected chi connectivity index (χ1v) is 10.1. The monoisotopic (exact) mass is 452 g/mol. The Labute approximate surface area is 181 Å². The van der Waals surface area contributed by atoms with E-state index in [0.29, 0.717) is 18.9 Å². The standard InChI is InChI=1S/C20H20ClF3N6O/c21-13-6-12(20(22,23)24)7-15(8-13)26-9-17(31)30-5-1-2-14(10-30)29-19-16-3-4-25-18(16)27-11-28-19/h3-4,6-8,11,14,26H,1-2,5,9-10H2,(H2,25,27,28,29)/t14-/m1/s1. The number of aromatic nitrogens is 3. The first kappa shape index (κ1) is 21.2. The summed E-state index contributed by atoms with van der Waals surface area (Å²) in [5.74, 6) is 0.497. The van der Waals surface area contributed by atoms with Crippen LogP contribution in [-0.2, 0) is 11.0 Å². The zero-order valence-electron chi connectivity index (χ0n) is 16.3. The number of nitrogens with one attached hydrogen (secondary N) is 3. The lowest BCUT2D eigenvalue weighted by atomic mass is 10.1. The van der Waals surface area contributed by atoms with E-state index in [9.17, 15) is 18.0 Å². The van der Waals surface area contributed by atoms with Crippen molar-refractivity contribution in [3.8, 4) is 0 Å². The highest BCUT2D eigenvalue weighted by Crippen LogP contribution is 2.33. The minimum Gasteiger partial charge on any atom is -0.376 e. The number of aromatic amines is 1. The van der Waals surface area contributed by atoms with E-state index in [-0.39, 0.29) is 29.2 Å². The third-order valence-electron chi connectivity index (χ3n) is 5.14. The van der Waals surface area contributed by atoms with Crippen molar-refractivity contribution in [2.45, 2.75) is 25.1 Å². The molecule has 2 aromatic heterocycles. The van der Waals surface area contributed by atoms with E-state index >= 15 is 0 Å². The van der Waals surface area contributed by atoms with E-state index in [4.69, 9.17) is 11.6 Å². The van der Waals surface area contributed by atoms with Crippen LogP contribution in [-0.4, -0.2) is 51.4 Å². The van der Waals surface area contributed by atoms with Crippen LogP contribution >= 0.6 is 11.6 Å². The van der Waals surface area contributed by atoms with Gasteiger partial charge in [0.05, 0.1) is 17.5 Å². The van der Waals surface area contributed by atoms with Crippen LogP contribution in [0.1, 0.15) is 18.4 Å². The summed E-state index contributed by atoms with van der Waals surface area (Å²) in [6, 6.07) is 5.05. The highest BCUT2D eigenvalue weighted by molar-refractivity contribution is 6.31. The fourth-order valence-corrected chi connectivity index (χ4v) is 3.88. The SMILES string of the molecule is O=C(CNc1cc(Cl)cc(C(F)(F)F)c1)N1CCC[C@@H](Nc2ncnc3[nH]ccc23)C1. The third-order valence-corrected chi connectivity index (χ3v) is 5.36. The molecule has 4 rings (SSSR count). The summed E-state index contributed by atoms with van der Waals surface area (Å²) in [4.78, 5) is 25.8. The number of carbonyl (C=O) groups excluding carboxylic acids is 1. The van der Waals surface area contributed by atoms with Crippen LogP contribution in [0.3, 0.4) is 0 Å². The highest BCUT2D eigenvalue weighted by atomic mass is 35.5. The average molecular weight is 453 g/mol. The molecule has 1 atom stereocenters. The molecule has 3 N–H and O–H groups in total. The van der Waals surface area contributed by atoms with Crippen LogP contribution in [0, 0.1) is 0 Å². The molecule has 1 amide bonds. The van der Waals surface area contributed by atoms with Crippen molar-refractivity contribution < 1.29 is 18.0 Å². The molecular formula is C20H20ClF3N6O. The van der Waals surface area contributed by atoms with Crippen molar-refractivity contribution in [3.05, 3.63) is 47.4 Å². The molecule has 0 radical (unpaired) electrons. The van der Waals surface area contributed by atoms with Crippen molar-refractivity contribution in [1.82, 2.24) is 19.9 Å². The Balaban J connectivity index is 1.37. The van der Waals surface area contributed by atoms with Gasteiger partial charge in [-0.2, -0.15) is 13.2 Å². The van der Waals surface area contributed by atoms with Gasteiger partial charge in [0.2, 0.25) is 5.91 Å². The second kappa shape index (κ2) is 8.62. The first-order chi connectivity index (χ1) is 14.8. The highest BCUT2D eigenvalue weighted by Gasteiger charge is 2.31. The number of H-pyrrole nitrogens is 1. The molecule has 164 valence electrons. The van der Waals surface area contributed by atoms with Crippen molar-refractivity contribution in [1.29, 1.82) is 0 Å². The molecule has 1 aliphatic heterocycles. The maximum Gasteiger partial charge on any atom is 0.416 e. The molecule has 0 aliphatic carbocycles. The molecule has 3 aromatic rings. The Morgan fingerprint density at radius 1 is 1.29 bits per heavy atom. The number of nitrogens with zero attached hydrogens (tertiary/aromatic N) is 3. The Morgan fingerprint density at radius 2 is 2.13 bits per heavy atom. The number of hydrogen-bond donors (Lipinski definition) is 3. The lowest BCUT2D eigenvalue weighted by molar-refractivity contribution is -0.137. The van der Waals surface area contributed by atoms with Gasteiger partial charge >= 0.3 is 6.18 Å². The molecule has 0 unspecified atom stereocenters. The van der Waals surface area contributed by atoms with Crippen molar-refractivity contribution in [2.75, 3.05) is 30.3 Å². The fourth-order valence-electron chi connectivity index (χ4n) is 3.65. The number of rotatable bonds is 5. The Morgan fingerprint density at radius 3 is 2.94 bits per heavy atom. The number of halogens is 4. The summed E-state index contributed by atoms with van der Waals surface area (Å²) in [5, 5.41) is 6.95. The van der Waals surface area contributed by atoms with Crippen molar-refractivity contribution in [3.63, 3.8) is 0 Å². The fraction of sp³-hybridized carbons (Fsp3) is 0.350. The van der Waals surface area contributed by atoms with Gasteiger partial charge in [-0.1, -0.05) is 11.6 Å². The van der Waals surface area contributed by atoms with Crippen LogP contribution in [0.2, 0.25) is 5.02 Å². The summed E-state index contributed by atoms with van der Waals surface area (Å²) in [7, 11) is 0. The van der Waals surface area contributed by atoms with E-state index in [0.717, 1.165) is 36.0 Å². The number of hydrogen-bond acceptors (Lipinski definition) is 5. The molecule has 11 heteroatoms. The van der Waals surface area contributed by atoms with E-state index in [1.165, 1.54) is 12.4 Å². The number of piperidine rings is 1. The van der Waals surface area contributed by atoms with Crippen LogP contribution in [0.15, 0.2) is 36.8 Å². The number of carbonyl (C=O) groups is 1. The maximum absolute atomic E-state index is 13.0. The lowest BCUT2D eigenvalue weighted by Crippen LogP contribution is -2.47. The number of amides is 1. The van der Waals surface area contributed by atoms with Crippen LogP contribution in [0.25, 0.3) is 11.0 Å². The average Bonchev–Trinajstić information content (AvgIpc) is 3.21.